The lowest BCUT2D eigenvalue weighted by molar-refractivity contribution is -0.0330. The van der Waals surface area contributed by atoms with E-state index in [4.69, 9.17) is 4.74 Å². The van der Waals surface area contributed by atoms with Gasteiger partial charge in [-0.05, 0) is 23.3 Å². The van der Waals surface area contributed by atoms with Gasteiger partial charge < -0.3 is 4.74 Å². The van der Waals surface area contributed by atoms with E-state index in [1.54, 1.807) is 6.20 Å². The summed E-state index contributed by atoms with van der Waals surface area (Å²) in [5.41, 5.74) is 3.75. The number of pyridine rings is 1. The summed E-state index contributed by atoms with van der Waals surface area (Å²) in [6.45, 7) is 4.39. The van der Waals surface area contributed by atoms with Gasteiger partial charge in [-0.25, -0.2) is 0 Å². The van der Waals surface area contributed by atoms with Crippen LogP contribution in [-0.4, -0.2) is 39.4 Å². The Morgan fingerprint density at radius 2 is 1.84 bits per heavy atom. The van der Waals surface area contributed by atoms with E-state index in [1.165, 1.54) is 11.1 Å². The Kier molecular flexibility index (Phi) is 4.86. The molecule has 128 valence electrons. The standard InChI is InChI=1S/C20H22N4O/c1-3-19(13-21-8-1)20-16-23(11-12-25-20)14-17-4-6-18(7-5-17)15-24-10-2-9-22-24/h1-10,13,20H,11-12,14-16H2/t20-/m0/s1. The molecule has 0 spiro atoms. The van der Waals surface area contributed by atoms with Gasteiger partial charge in [-0.2, -0.15) is 5.10 Å². The number of ether oxygens (including phenoxy) is 1. The maximum Gasteiger partial charge on any atom is 0.0967 e. The smallest absolute Gasteiger partial charge is 0.0967 e. The number of hydrogen-bond donors (Lipinski definition) is 0. The minimum absolute atomic E-state index is 0.113. The van der Waals surface area contributed by atoms with Gasteiger partial charge in [0.1, 0.15) is 0 Å². The van der Waals surface area contributed by atoms with Crippen LogP contribution in [0.3, 0.4) is 0 Å². The van der Waals surface area contributed by atoms with Crippen LogP contribution < -0.4 is 0 Å². The van der Waals surface area contributed by atoms with Crippen molar-refractivity contribution in [1.82, 2.24) is 19.7 Å². The first-order valence-corrected chi connectivity index (χ1v) is 8.66. The highest BCUT2D eigenvalue weighted by atomic mass is 16.5. The molecule has 25 heavy (non-hydrogen) atoms. The monoisotopic (exact) mass is 334 g/mol. The zero-order valence-electron chi connectivity index (χ0n) is 14.2. The van der Waals surface area contributed by atoms with E-state index in [1.807, 2.05) is 35.4 Å². The van der Waals surface area contributed by atoms with Gasteiger partial charge in [-0.15, -0.1) is 0 Å². The second-order valence-electron chi connectivity index (χ2n) is 6.40. The molecule has 1 aliphatic heterocycles. The van der Waals surface area contributed by atoms with Crippen molar-refractivity contribution in [2.24, 2.45) is 0 Å². The quantitative estimate of drug-likeness (QED) is 0.720. The van der Waals surface area contributed by atoms with Crippen LogP contribution in [-0.2, 0) is 17.8 Å². The van der Waals surface area contributed by atoms with E-state index < -0.39 is 0 Å². The van der Waals surface area contributed by atoms with E-state index in [2.05, 4.69) is 45.3 Å². The lowest BCUT2D eigenvalue weighted by Gasteiger charge is -2.33. The predicted octanol–water partition coefficient (Wildman–Crippen LogP) is 2.90. The zero-order chi connectivity index (χ0) is 16.9. The highest BCUT2D eigenvalue weighted by Gasteiger charge is 2.22. The van der Waals surface area contributed by atoms with Gasteiger partial charge in [0.25, 0.3) is 0 Å². The van der Waals surface area contributed by atoms with Crippen LogP contribution >= 0.6 is 0 Å². The average Bonchev–Trinajstić information content (AvgIpc) is 3.17. The number of nitrogens with zero attached hydrogens (tertiary/aromatic N) is 4. The molecule has 0 unspecified atom stereocenters. The van der Waals surface area contributed by atoms with Crippen LogP contribution in [0.25, 0.3) is 0 Å². The molecule has 0 N–H and O–H groups in total. The summed E-state index contributed by atoms with van der Waals surface area (Å²) in [5, 5.41) is 4.25. The fourth-order valence-electron chi connectivity index (χ4n) is 3.20. The van der Waals surface area contributed by atoms with Gasteiger partial charge >= 0.3 is 0 Å². The number of morpholine rings is 1. The molecule has 1 fully saturated rings. The number of hydrogen-bond acceptors (Lipinski definition) is 4. The molecule has 3 heterocycles. The third kappa shape index (κ3) is 4.13. The van der Waals surface area contributed by atoms with Crippen LogP contribution in [0.15, 0.2) is 67.3 Å². The van der Waals surface area contributed by atoms with Crippen LogP contribution in [0.5, 0.6) is 0 Å². The van der Waals surface area contributed by atoms with Crippen molar-refractivity contribution in [2.45, 2.75) is 19.2 Å². The summed E-state index contributed by atoms with van der Waals surface area (Å²) in [7, 11) is 0. The SMILES string of the molecule is c1cncc([C@@H]2CN(Cc3ccc(Cn4cccn4)cc3)CCO2)c1. The third-order valence-corrected chi connectivity index (χ3v) is 4.54. The summed E-state index contributed by atoms with van der Waals surface area (Å²) in [6.07, 6.45) is 7.61. The summed E-state index contributed by atoms with van der Waals surface area (Å²) in [6, 6.07) is 14.8. The minimum Gasteiger partial charge on any atom is -0.371 e. The average molecular weight is 334 g/mol. The van der Waals surface area contributed by atoms with Crippen LogP contribution in [0, 0.1) is 0 Å². The molecular weight excluding hydrogens is 312 g/mol. The third-order valence-electron chi connectivity index (χ3n) is 4.54. The van der Waals surface area contributed by atoms with E-state index in [-0.39, 0.29) is 6.10 Å². The molecular formula is C20H22N4O. The van der Waals surface area contributed by atoms with Crippen molar-refractivity contribution in [3.8, 4) is 0 Å². The predicted molar refractivity (Wildman–Crippen MR) is 96.0 cm³/mol. The lowest BCUT2D eigenvalue weighted by atomic mass is 10.1. The summed E-state index contributed by atoms with van der Waals surface area (Å²) in [4.78, 5) is 6.65. The van der Waals surface area contributed by atoms with Crippen molar-refractivity contribution in [3.05, 3.63) is 83.9 Å². The van der Waals surface area contributed by atoms with Crippen LogP contribution in [0.1, 0.15) is 22.8 Å². The normalized spacial score (nSPS) is 18.3. The molecule has 5 heteroatoms. The van der Waals surface area contributed by atoms with E-state index in [0.717, 1.165) is 38.3 Å². The first-order chi connectivity index (χ1) is 12.4. The number of rotatable bonds is 5. The second kappa shape index (κ2) is 7.59. The zero-order valence-corrected chi connectivity index (χ0v) is 14.2. The van der Waals surface area contributed by atoms with Gasteiger partial charge in [0.15, 0.2) is 0 Å². The Balaban J connectivity index is 1.36. The van der Waals surface area contributed by atoms with Crippen molar-refractivity contribution < 1.29 is 4.74 Å². The Morgan fingerprint density at radius 3 is 2.56 bits per heavy atom. The van der Waals surface area contributed by atoms with Crippen molar-refractivity contribution in [2.75, 3.05) is 19.7 Å². The van der Waals surface area contributed by atoms with Gasteiger partial charge in [0.2, 0.25) is 0 Å². The molecule has 4 rings (SSSR count). The number of aromatic nitrogens is 3. The molecule has 0 bridgehead atoms. The molecule has 5 nitrogen and oxygen atoms in total. The van der Waals surface area contributed by atoms with Crippen molar-refractivity contribution in [1.29, 1.82) is 0 Å². The molecule has 3 aromatic rings. The molecule has 1 saturated heterocycles. The Hall–Kier alpha value is -2.50. The molecule has 2 aromatic heterocycles. The molecule has 1 aliphatic rings. The van der Waals surface area contributed by atoms with Gasteiger partial charge in [-0.3, -0.25) is 14.6 Å². The maximum atomic E-state index is 5.92. The second-order valence-corrected chi connectivity index (χ2v) is 6.40. The fraction of sp³-hybridized carbons (Fsp3) is 0.300. The van der Waals surface area contributed by atoms with E-state index in [9.17, 15) is 0 Å². The topological polar surface area (TPSA) is 43.2 Å². The van der Waals surface area contributed by atoms with Crippen LogP contribution in [0.4, 0.5) is 0 Å². The van der Waals surface area contributed by atoms with Crippen LogP contribution in [0.2, 0.25) is 0 Å². The Labute approximate surface area is 147 Å². The summed E-state index contributed by atoms with van der Waals surface area (Å²) >= 11 is 0. The van der Waals surface area contributed by atoms with Gasteiger partial charge in [0.05, 0.1) is 19.3 Å². The Morgan fingerprint density at radius 1 is 1.00 bits per heavy atom. The molecule has 1 atom stereocenters. The molecule has 0 aliphatic carbocycles. The Bertz CT molecular complexity index is 771. The van der Waals surface area contributed by atoms with Gasteiger partial charge in [0, 0.05) is 50.0 Å². The largest absolute Gasteiger partial charge is 0.371 e. The molecule has 0 saturated carbocycles. The molecule has 1 aromatic carbocycles. The fourth-order valence-corrected chi connectivity index (χ4v) is 3.20. The minimum atomic E-state index is 0.113. The van der Waals surface area contributed by atoms with E-state index in [0.29, 0.717) is 0 Å². The lowest BCUT2D eigenvalue weighted by Crippen LogP contribution is -2.37. The maximum absolute atomic E-state index is 5.92. The highest BCUT2D eigenvalue weighted by molar-refractivity contribution is 5.23. The summed E-state index contributed by atoms with van der Waals surface area (Å²) in [5.74, 6) is 0. The van der Waals surface area contributed by atoms with Crippen molar-refractivity contribution in [3.63, 3.8) is 0 Å². The molecule has 0 radical (unpaired) electrons. The number of benzene rings is 1. The van der Waals surface area contributed by atoms with Crippen molar-refractivity contribution >= 4 is 0 Å². The first kappa shape index (κ1) is 16.0. The first-order valence-electron chi connectivity index (χ1n) is 8.66. The summed E-state index contributed by atoms with van der Waals surface area (Å²) < 4.78 is 7.86. The highest BCUT2D eigenvalue weighted by Crippen LogP contribution is 2.22. The van der Waals surface area contributed by atoms with Gasteiger partial charge in [-0.1, -0.05) is 30.3 Å². The molecule has 0 amide bonds. The van der Waals surface area contributed by atoms with E-state index >= 15 is 0 Å².